The van der Waals surface area contributed by atoms with Crippen LogP contribution in [0.4, 0.5) is 13.2 Å². The van der Waals surface area contributed by atoms with Gasteiger partial charge in [0.25, 0.3) is 0 Å². The molecule has 0 saturated heterocycles. The van der Waals surface area contributed by atoms with Crippen molar-refractivity contribution < 1.29 is 23.4 Å². The van der Waals surface area contributed by atoms with E-state index in [2.05, 4.69) is 0 Å². The van der Waals surface area contributed by atoms with Crippen LogP contribution in [0.1, 0.15) is 0 Å². The molecule has 0 aromatic carbocycles. The molecule has 1 aliphatic rings. The van der Waals surface area contributed by atoms with Gasteiger partial charge in [-0.2, -0.15) is 18.4 Å². The van der Waals surface area contributed by atoms with Crippen LogP contribution in [0.3, 0.4) is 0 Å². The summed E-state index contributed by atoms with van der Waals surface area (Å²) in [7, 11) is 0. The van der Waals surface area contributed by atoms with Gasteiger partial charge in [-0.1, -0.05) is 6.08 Å². The van der Waals surface area contributed by atoms with Crippen molar-refractivity contribution in [3.63, 3.8) is 0 Å². The maximum absolute atomic E-state index is 12.1. The fraction of sp³-hybridized carbons (Fsp3) is 0.375. The number of hydrogen-bond acceptors (Lipinski definition) is 3. The van der Waals surface area contributed by atoms with Crippen molar-refractivity contribution >= 4 is 0 Å². The first-order valence-corrected chi connectivity index (χ1v) is 3.63. The van der Waals surface area contributed by atoms with Gasteiger partial charge in [-0.15, -0.1) is 0 Å². The monoisotopic (exact) mass is 205 g/mol. The van der Waals surface area contributed by atoms with Crippen molar-refractivity contribution in [1.29, 1.82) is 5.26 Å². The Balaban J connectivity index is 3.08. The van der Waals surface area contributed by atoms with E-state index >= 15 is 0 Å². The standard InChI is InChI=1S/C8H6F3NO2/c9-8(10,11)5-2-1-4(3-12)6(13)7(5)14/h1-2,6-7,13-14H/t6-,7+/m1/s1. The van der Waals surface area contributed by atoms with Crippen LogP contribution < -0.4 is 0 Å². The van der Waals surface area contributed by atoms with Gasteiger partial charge in [-0.25, -0.2) is 0 Å². The molecule has 0 spiro atoms. The van der Waals surface area contributed by atoms with E-state index in [1.54, 1.807) is 0 Å². The number of allylic oxidation sites excluding steroid dienone is 2. The van der Waals surface area contributed by atoms with Gasteiger partial charge in [0.15, 0.2) is 0 Å². The van der Waals surface area contributed by atoms with Gasteiger partial charge in [-0.3, -0.25) is 0 Å². The average Bonchev–Trinajstić information content (AvgIpc) is 2.07. The first kappa shape index (κ1) is 10.8. The number of aliphatic hydroxyl groups excluding tert-OH is 2. The SMILES string of the molecule is N#CC1=CC=C(C(F)(F)F)[C@H](O)[C@@H]1O. The molecule has 3 nitrogen and oxygen atoms in total. The molecule has 0 unspecified atom stereocenters. The third kappa shape index (κ3) is 1.78. The summed E-state index contributed by atoms with van der Waals surface area (Å²) in [5.74, 6) is 0. The molecule has 76 valence electrons. The Bertz CT molecular complexity index is 337. The minimum atomic E-state index is -4.70. The zero-order valence-corrected chi connectivity index (χ0v) is 6.78. The normalized spacial score (nSPS) is 27.7. The highest BCUT2D eigenvalue weighted by atomic mass is 19.4. The van der Waals surface area contributed by atoms with Crippen molar-refractivity contribution in [2.24, 2.45) is 0 Å². The first-order valence-electron chi connectivity index (χ1n) is 3.63. The topological polar surface area (TPSA) is 64.2 Å². The molecule has 14 heavy (non-hydrogen) atoms. The summed E-state index contributed by atoms with van der Waals surface area (Å²) in [6.45, 7) is 0. The van der Waals surface area contributed by atoms with Crippen LogP contribution in [-0.2, 0) is 0 Å². The van der Waals surface area contributed by atoms with Crippen LogP contribution in [-0.4, -0.2) is 28.6 Å². The van der Waals surface area contributed by atoms with Crippen molar-refractivity contribution in [2.75, 3.05) is 0 Å². The summed E-state index contributed by atoms with van der Waals surface area (Å²) >= 11 is 0. The van der Waals surface area contributed by atoms with Gasteiger partial charge in [-0.05, 0) is 6.08 Å². The number of rotatable bonds is 0. The average molecular weight is 205 g/mol. The zero-order valence-electron chi connectivity index (χ0n) is 6.78. The van der Waals surface area contributed by atoms with Crippen LogP contribution in [0.2, 0.25) is 0 Å². The molecule has 2 N–H and O–H groups in total. The third-order valence-electron chi connectivity index (χ3n) is 1.84. The lowest BCUT2D eigenvalue weighted by Gasteiger charge is -2.24. The molecule has 0 fully saturated rings. The fourth-order valence-corrected chi connectivity index (χ4v) is 1.08. The largest absolute Gasteiger partial charge is 0.415 e. The minimum absolute atomic E-state index is 0.287. The molecular weight excluding hydrogens is 199 g/mol. The Morgan fingerprint density at radius 2 is 1.79 bits per heavy atom. The Labute approximate surface area is 77.4 Å². The van der Waals surface area contributed by atoms with E-state index in [4.69, 9.17) is 15.5 Å². The van der Waals surface area contributed by atoms with E-state index in [1.807, 2.05) is 0 Å². The number of nitriles is 1. The van der Waals surface area contributed by atoms with Gasteiger partial charge in [0.2, 0.25) is 0 Å². The summed E-state index contributed by atoms with van der Waals surface area (Å²) in [5, 5.41) is 26.5. The summed E-state index contributed by atoms with van der Waals surface area (Å²) in [5.41, 5.74) is -1.53. The highest BCUT2D eigenvalue weighted by Gasteiger charge is 2.42. The first-order chi connectivity index (χ1) is 6.38. The molecule has 0 heterocycles. The Morgan fingerprint density at radius 1 is 1.21 bits per heavy atom. The van der Waals surface area contributed by atoms with Gasteiger partial charge in [0, 0.05) is 0 Å². The molecule has 6 heteroatoms. The second-order valence-electron chi connectivity index (χ2n) is 2.74. The van der Waals surface area contributed by atoms with Crippen molar-refractivity contribution in [3.8, 4) is 6.07 Å². The number of nitrogens with zero attached hydrogens (tertiary/aromatic N) is 1. The van der Waals surface area contributed by atoms with E-state index in [1.165, 1.54) is 6.07 Å². The predicted molar refractivity (Wildman–Crippen MR) is 39.8 cm³/mol. The Kier molecular flexibility index (Phi) is 2.64. The highest BCUT2D eigenvalue weighted by Crippen LogP contribution is 2.33. The second kappa shape index (κ2) is 3.44. The minimum Gasteiger partial charge on any atom is -0.385 e. The van der Waals surface area contributed by atoms with Crippen LogP contribution in [0, 0.1) is 11.3 Å². The second-order valence-corrected chi connectivity index (χ2v) is 2.74. The smallest absolute Gasteiger partial charge is 0.385 e. The summed E-state index contributed by atoms with van der Waals surface area (Å²) in [6, 6.07) is 1.50. The van der Waals surface area contributed by atoms with Gasteiger partial charge < -0.3 is 10.2 Å². The molecule has 0 aromatic heterocycles. The number of hydrogen-bond donors (Lipinski definition) is 2. The molecule has 0 aromatic rings. The molecule has 0 saturated carbocycles. The maximum Gasteiger partial charge on any atom is 0.415 e. The molecule has 0 aliphatic heterocycles. The maximum atomic E-state index is 12.1. The third-order valence-corrected chi connectivity index (χ3v) is 1.84. The zero-order chi connectivity index (χ0) is 10.9. The number of halogens is 3. The quantitative estimate of drug-likeness (QED) is 0.610. The summed E-state index contributed by atoms with van der Waals surface area (Å²) < 4.78 is 36.4. The molecule has 0 radical (unpaired) electrons. The molecule has 1 rings (SSSR count). The lowest BCUT2D eigenvalue weighted by atomic mass is 9.93. The molecular formula is C8H6F3NO2. The van der Waals surface area contributed by atoms with E-state index in [9.17, 15) is 13.2 Å². The van der Waals surface area contributed by atoms with Crippen molar-refractivity contribution in [2.45, 2.75) is 18.4 Å². The van der Waals surface area contributed by atoms with Gasteiger partial charge in [0.05, 0.1) is 17.2 Å². The molecule has 2 atom stereocenters. The van der Waals surface area contributed by atoms with Crippen LogP contribution >= 0.6 is 0 Å². The van der Waals surface area contributed by atoms with Gasteiger partial charge >= 0.3 is 6.18 Å². The number of aliphatic hydroxyl groups is 2. The van der Waals surface area contributed by atoms with Gasteiger partial charge in [0.1, 0.15) is 12.2 Å². The van der Waals surface area contributed by atoms with E-state index < -0.39 is 24.0 Å². The van der Waals surface area contributed by atoms with Crippen LogP contribution in [0.5, 0.6) is 0 Å². The lowest BCUT2D eigenvalue weighted by Crippen LogP contribution is -2.37. The summed E-state index contributed by atoms with van der Waals surface area (Å²) in [4.78, 5) is 0. The summed E-state index contributed by atoms with van der Waals surface area (Å²) in [6.07, 6.45) is -7.15. The van der Waals surface area contributed by atoms with E-state index in [-0.39, 0.29) is 5.57 Å². The van der Waals surface area contributed by atoms with Crippen molar-refractivity contribution in [1.82, 2.24) is 0 Å². The van der Waals surface area contributed by atoms with E-state index in [0.29, 0.717) is 6.08 Å². The van der Waals surface area contributed by atoms with Crippen LogP contribution in [0.25, 0.3) is 0 Å². The molecule has 0 bridgehead atoms. The Morgan fingerprint density at radius 3 is 2.21 bits per heavy atom. The van der Waals surface area contributed by atoms with Crippen LogP contribution in [0.15, 0.2) is 23.3 Å². The Hall–Kier alpha value is -1.32. The lowest BCUT2D eigenvalue weighted by molar-refractivity contribution is -0.113. The highest BCUT2D eigenvalue weighted by molar-refractivity contribution is 5.40. The number of alkyl halides is 3. The van der Waals surface area contributed by atoms with Crippen molar-refractivity contribution in [3.05, 3.63) is 23.3 Å². The predicted octanol–water partition coefficient (Wildman–Crippen LogP) is 0.660. The molecule has 1 aliphatic carbocycles. The van der Waals surface area contributed by atoms with E-state index in [0.717, 1.165) is 6.08 Å². The fourth-order valence-electron chi connectivity index (χ4n) is 1.08. The molecule has 0 amide bonds.